The average molecular weight is 293 g/mol. The zero-order valence-electron chi connectivity index (χ0n) is 12.3. The number of ether oxygens (including phenoxy) is 1. The van der Waals surface area contributed by atoms with Gasteiger partial charge in [-0.05, 0) is 25.0 Å². The van der Waals surface area contributed by atoms with Gasteiger partial charge in [0.15, 0.2) is 0 Å². The van der Waals surface area contributed by atoms with E-state index >= 15 is 0 Å². The van der Waals surface area contributed by atoms with E-state index in [9.17, 15) is 4.79 Å². The molecule has 1 aromatic rings. The van der Waals surface area contributed by atoms with Gasteiger partial charge in [0, 0.05) is 32.2 Å². The molecule has 1 saturated heterocycles. The van der Waals surface area contributed by atoms with Crippen LogP contribution < -0.4 is 20.3 Å². The summed E-state index contributed by atoms with van der Waals surface area (Å²) in [7, 11) is 1.70. The molecule has 1 aliphatic heterocycles. The van der Waals surface area contributed by atoms with Gasteiger partial charge in [-0.15, -0.1) is 0 Å². The number of hydrogen-bond donors (Lipinski definition) is 3. The van der Waals surface area contributed by atoms with Crippen LogP contribution in [0, 0.1) is 0 Å². The summed E-state index contributed by atoms with van der Waals surface area (Å²) in [6, 6.07) is 8.53. The molecule has 6 heteroatoms. The molecule has 1 aliphatic rings. The zero-order valence-corrected chi connectivity index (χ0v) is 12.3. The van der Waals surface area contributed by atoms with Crippen molar-refractivity contribution in [2.75, 3.05) is 38.2 Å². The van der Waals surface area contributed by atoms with Gasteiger partial charge >= 0.3 is 6.09 Å². The fourth-order valence-electron chi connectivity index (χ4n) is 2.66. The Labute approximate surface area is 125 Å². The molecule has 0 aromatic heterocycles. The van der Waals surface area contributed by atoms with Crippen molar-refractivity contribution < 1.29 is 14.6 Å². The maximum atomic E-state index is 10.4. The number of nitrogens with zero attached hydrogens (tertiary/aromatic N) is 1. The fourth-order valence-corrected chi connectivity index (χ4v) is 2.66. The summed E-state index contributed by atoms with van der Waals surface area (Å²) >= 11 is 0. The monoisotopic (exact) mass is 293 g/mol. The third-order valence-corrected chi connectivity index (χ3v) is 3.76. The Hall–Kier alpha value is -1.95. The minimum Gasteiger partial charge on any atom is -0.495 e. The van der Waals surface area contributed by atoms with Crippen molar-refractivity contribution in [3.05, 3.63) is 24.3 Å². The molecule has 0 radical (unpaired) electrons. The number of hydrogen-bond acceptors (Lipinski definition) is 4. The standard InChI is InChI=1S/C15H23N3O3/c1-21-14-5-3-2-4-13(14)18-10-6-12(7-11-18)16-8-9-17-15(19)20/h2-5,12,16-17H,6-11H2,1H3,(H,19,20). The number of benzene rings is 1. The number of carboxylic acid groups (broad SMARTS) is 1. The second-order valence-corrected chi connectivity index (χ2v) is 5.12. The van der Waals surface area contributed by atoms with Crippen LogP contribution in [0.4, 0.5) is 10.5 Å². The van der Waals surface area contributed by atoms with Crippen LogP contribution in [0.2, 0.25) is 0 Å². The minimum atomic E-state index is -0.970. The van der Waals surface area contributed by atoms with Crippen LogP contribution in [0.5, 0.6) is 5.75 Å². The molecule has 116 valence electrons. The summed E-state index contributed by atoms with van der Waals surface area (Å²) < 4.78 is 5.41. The van der Waals surface area contributed by atoms with Gasteiger partial charge in [0.1, 0.15) is 5.75 Å². The van der Waals surface area contributed by atoms with Crippen LogP contribution in [0.3, 0.4) is 0 Å². The molecule has 0 atom stereocenters. The summed E-state index contributed by atoms with van der Waals surface area (Å²) in [5.41, 5.74) is 1.14. The van der Waals surface area contributed by atoms with E-state index in [0.717, 1.165) is 37.4 Å². The molecule has 1 amide bonds. The van der Waals surface area contributed by atoms with Gasteiger partial charge in [-0.25, -0.2) is 4.79 Å². The predicted octanol–water partition coefficient (Wildman–Crippen LogP) is 1.52. The molecule has 1 fully saturated rings. The molecule has 0 saturated carbocycles. The molecule has 0 aliphatic carbocycles. The van der Waals surface area contributed by atoms with Crippen molar-refractivity contribution in [1.29, 1.82) is 0 Å². The van der Waals surface area contributed by atoms with Crippen LogP contribution in [-0.4, -0.2) is 50.5 Å². The number of rotatable bonds is 6. The van der Waals surface area contributed by atoms with Crippen molar-refractivity contribution in [2.24, 2.45) is 0 Å². The summed E-state index contributed by atoms with van der Waals surface area (Å²) in [5, 5.41) is 14.3. The molecule has 21 heavy (non-hydrogen) atoms. The first-order valence-corrected chi connectivity index (χ1v) is 7.29. The van der Waals surface area contributed by atoms with Crippen molar-refractivity contribution in [3.63, 3.8) is 0 Å². The molecule has 3 N–H and O–H groups in total. The van der Waals surface area contributed by atoms with E-state index in [0.29, 0.717) is 19.1 Å². The fraction of sp³-hybridized carbons (Fsp3) is 0.533. The first kappa shape index (κ1) is 15.4. The first-order valence-electron chi connectivity index (χ1n) is 7.29. The molecule has 2 rings (SSSR count). The lowest BCUT2D eigenvalue weighted by Crippen LogP contribution is -2.44. The Morgan fingerprint density at radius 2 is 2.05 bits per heavy atom. The van der Waals surface area contributed by atoms with E-state index in [1.54, 1.807) is 7.11 Å². The van der Waals surface area contributed by atoms with Crippen LogP contribution in [-0.2, 0) is 0 Å². The number of para-hydroxylation sites is 2. The van der Waals surface area contributed by atoms with Gasteiger partial charge < -0.3 is 25.4 Å². The van der Waals surface area contributed by atoms with Gasteiger partial charge in [-0.3, -0.25) is 0 Å². The molecule has 6 nitrogen and oxygen atoms in total. The Morgan fingerprint density at radius 3 is 2.71 bits per heavy atom. The zero-order chi connectivity index (χ0) is 15.1. The molecular weight excluding hydrogens is 270 g/mol. The number of carbonyl (C=O) groups is 1. The highest BCUT2D eigenvalue weighted by molar-refractivity contribution is 5.64. The van der Waals surface area contributed by atoms with Crippen molar-refractivity contribution in [3.8, 4) is 5.75 Å². The van der Waals surface area contributed by atoms with Crippen molar-refractivity contribution in [2.45, 2.75) is 18.9 Å². The molecule has 1 aromatic carbocycles. The van der Waals surface area contributed by atoms with E-state index in [4.69, 9.17) is 9.84 Å². The Morgan fingerprint density at radius 1 is 1.33 bits per heavy atom. The Balaban J connectivity index is 1.76. The van der Waals surface area contributed by atoms with Crippen molar-refractivity contribution >= 4 is 11.8 Å². The third-order valence-electron chi connectivity index (χ3n) is 3.76. The average Bonchev–Trinajstić information content (AvgIpc) is 2.52. The lowest BCUT2D eigenvalue weighted by Gasteiger charge is -2.34. The first-order chi connectivity index (χ1) is 10.2. The van der Waals surface area contributed by atoms with Gasteiger partial charge in [0.25, 0.3) is 0 Å². The van der Waals surface area contributed by atoms with E-state index in [1.165, 1.54) is 0 Å². The highest BCUT2D eigenvalue weighted by Gasteiger charge is 2.20. The van der Waals surface area contributed by atoms with Crippen LogP contribution in [0.25, 0.3) is 0 Å². The third kappa shape index (κ3) is 4.53. The quantitative estimate of drug-likeness (QED) is 0.694. The summed E-state index contributed by atoms with van der Waals surface area (Å²) in [6.45, 7) is 3.07. The highest BCUT2D eigenvalue weighted by Crippen LogP contribution is 2.29. The summed E-state index contributed by atoms with van der Waals surface area (Å²) in [5.74, 6) is 0.912. The van der Waals surface area contributed by atoms with Crippen LogP contribution in [0.15, 0.2) is 24.3 Å². The molecule has 1 heterocycles. The summed E-state index contributed by atoms with van der Waals surface area (Å²) in [4.78, 5) is 12.7. The maximum absolute atomic E-state index is 10.4. The lowest BCUT2D eigenvalue weighted by atomic mass is 10.0. The number of amides is 1. The maximum Gasteiger partial charge on any atom is 0.404 e. The second-order valence-electron chi connectivity index (χ2n) is 5.12. The van der Waals surface area contributed by atoms with E-state index < -0.39 is 6.09 Å². The van der Waals surface area contributed by atoms with Crippen LogP contribution in [0.1, 0.15) is 12.8 Å². The second kappa shape index (κ2) is 7.73. The van der Waals surface area contributed by atoms with Crippen LogP contribution >= 0.6 is 0 Å². The number of nitrogens with one attached hydrogen (secondary N) is 2. The smallest absolute Gasteiger partial charge is 0.404 e. The molecule has 0 spiro atoms. The number of methoxy groups -OCH3 is 1. The van der Waals surface area contributed by atoms with Gasteiger partial charge in [0.05, 0.1) is 12.8 Å². The van der Waals surface area contributed by atoms with E-state index in [2.05, 4.69) is 21.6 Å². The molecular formula is C15H23N3O3. The predicted molar refractivity (Wildman–Crippen MR) is 82.3 cm³/mol. The van der Waals surface area contributed by atoms with E-state index in [1.807, 2.05) is 18.2 Å². The Kier molecular flexibility index (Phi) is 5.68. The minimum absolute atomic E-state index is 0.446. The largest absolute Gasteiger partial charge is 0.495 e. The normalized spacial score (nSPS) is 15.8. The molecule has 0 bridgehead atoms. The highest BCUT2D eigenvalue weighted by atomic mass is 16.5. The molecule has 0 unspecified atom stereocenters. The van der Waals surface area contributed by atoms with Crippen molar-refractivity contribution in [1.82, 2.24) is 10.6 Å². The van der Waals surface area contributed by atoms with Gasteiger partial charge in [0.2, 0.25) is 0 Å². The number of anilines is 1. The lowest BCUT2D eigenvalue weighted by molar-refractivity contribution is 0.194. The topological polar surface area (TPSA) is 73.8 Å². The number of piperidine rings is 1. The SMILES string of the molecule is COc1ccccc1N1CCC(NCCNC(=O)O)CC1. The summed E-state index contributed by atoms with van der Waals surface area (Å²) in [6.07, 6.45) is 1.12. The Bertz CT molecular complexity index is 459. The van der Waals surface area contributed by atoms with E-state index in [-0.39, 0.29) is 0 Å². The van der Waals surface area contributed by atoms with Gasteiger partial charge in [-0.1, -0.05) is 12.1 Å². The van der Waals surface area contributed by atoms with Gasteiger partial charge in [-0.2, -0.15) is 0 Å².